The molecule has 0 aliphatic carbocycles. The molecule has 0 unspecified atom stereocenters. The maximum absolute atomic E-state index is 13.4. The molecule has 0 bridgehead atoms. The van der Waals surface area contributed by atoms with Crippen molar-refractivity contribution in [1.29, 1.82) is 5.26 Å². The number of halogens is 1. The van der Waals surface area contributed by atoms with E-state index in [0.717, 1.165) is 17.8 Å². The zero-order valence-electron chi connectivity index (χ0n) is 15.9. The summed E-state index contributed by atoms with van der Waals surface area (Å²) >= 11 is 0. The molecule has 3 aromatic rings. The number of rotatable bonds is 6. The molecule has 4 rings (SSSR count). The fourth-order valence-electron chi connectivity index (χ4n) is 3.32. The van der Waals surface area contributed by atoms with Crippen molar-refractivity contribution in [3.8, 4) is 17.5 Å². The van der Waals surface area contributed by atoms with Crippen LogP contribution in [0.15, 0.2) is 43.1 Å². The highest BCUT2D eigenvalue weighted by molar-refractivity contribution is 5.54. The molecule has 1 aliphatic heterocycles. The third-order valence-electron chi connectivity index (χ3n) is 4.75. The first-order chi connectivity index (χ1) is 14.1. The van der Waals surface area contributed by atoms with Crippen LogP contribution >= 0.6 is 0 Å². The molecule has 1 saturated heterocycles. The summed E-state index contributed by atoms with van der Waals surface area (Å²) in [6.45, 7) is 1.96. The van der Waals surface area contributed by atoms with Crippen molar-refractivity contribution in [1.82, 2.24) is 24.4 Å². The van der Waals surface area contributed by atoms with Crippen molar-refractivity contribution in [3.05, 3.63) is 54.4 Å². The van der Waals surface area contributed by atoms with Crippen LogP contribution in [0.4, 0.5) is 16.0 Å². The zero-order chi connectivity index (χ0) is 20.2. The quantitative estimate of drug-likeness (QED) is 0.688. The summed E-state index contributed by atoms with van der Waals surface area (Å²) in [5.41, 5.74) is 2.17. The number of aromatic nitrogens is 4. The maximum atomic E-state index is 13.4. The Morgan fingerprint density at radius 1 is 1.28 bits per heavy atom. The molecule has 2 aromatic heterocycles. The molecule has 1 aromatic carbocycles. The molecule has 9 heteroatoms. The second-order valence-corrected chi connectivity index (χ2v) is 6.82. The van der Waals surface area contributed by atoms with Crippen molar-refractivity contribution >= 4 is 11.6 Å². The van der Waals surface area contributed by atoms with Gasteiger partial charge < -0.3 is 14.6 Å². The smallest absolute Gasteiger partial charge is 0.158 e. The van der Waals surface area contributed by atoms with Gasteiger partial charge in [-0.15, -0.1) is 0 Å². The summed E-state index contributed by atoms with van der Waals surface area (Å²) in [6.07, 6.45) is 6.23. The van der Waals surface area contributed by atoms with Crippen LogP contribution in [0.25, 0.3) is 5.69 Å². The molecule has 0 amide bonds. The minimum absolute atomic E-state index is 0.252. The lowest BCUT2D eigenvalue weighted by atomic mass is 10.1. The van der Waals surface area contributed by atoms with Gasteiger partial charge in [-0.2, -0.15) is 5.26 Å². The molecule has 0 spiro atoms. The fourth-order valence-corrected chi connectivity index (χ4v) is 3.32. The van der Waals surface area contributed by atoms with E-state index in [4.69, 9.17) is 10.00 Å². The molecule has 29 heavy (non-hydrogen) atoms. The normalized spacial score (nSPS) is 16.5. The number of nitrogens with one attached hydrogen (secondary N) is 1. The third-order valence-corrected chi connectivity index (χ3v) is 4.75. The second-order valence-electron chi connectivity index (χ2n) is 6.82. The van der Waals surface area contributed by atoms with Crippen LogP contribution in [0, 0.1) is 11.3 Å². The van der Waals surface area contributed by atoms with Crippen molar-refractivity contribution in [2.75, 3.05) is 25.5 Å². The molecule has 1 atom stereocenters. The van der Waals surface area contributed by atoms with Crippen LogP contribution in [-0.4, -0.2) is 50.8 Å². The van der Waals surface area contributed by atoms with Crippen LogP contribution in [0.2, 0.25) is 0 Å². The first-order valence-electron chi connectivity index (χ1n) is 9.21. The highest BCUT2D eigenvalue weighted by atomic mass is 19.1. The van der Waals surface area contributed by atoms with Crippen LogP contribution in [-0.2, 0) is 6.54 Å². The van der Waals surface area contributed by atoms with Gasteiger partial charge in [0.25, 0.3) is 0 Å². The summed E-state index contributed by atoms with van der Waals surface area (Å²) in [6, 6.07) is 7.88. The summed E-state index contributed by atoms with van der Waals surface area (Å²) in [5, 5.41) is 11.8. The van der Waals surface area contributed by atoms with E-state index in [-0.39, 0.29) is 5.69 Å². The molecule has 8 nitrogen and oxygen atoms in total. The number of likely N-dealkylation sites (tertiary alicyclic amines) is 1. The lowest BCUT2D eigenvalue weighted by Crippen LogP contribution is -2.20. The maximum Gasteiger partial charge on any atom is 0.158 e. The summed E-state index contributed by atoms with van der Waals surface area (Å²) < 4.78 is 20.8. The summed E-state index contributed by atoms with van der Waals surface area (Å²) in [7, 11) is 1.62. The summed E-state index contributed by atoms with van der Waals surface area (Å²) in [4.78, 5) is 14.5. The van der Waals surface area contributed by atoms with Gasteiger partial charge in [0.05, 0.1) is 31.4 Å². The van der Waals surface area contributed by atoms with Crippen LogP contribution < -0.4 is 10.1 Å². The van der Waals surface area contributed by atoms with E-state index >= 15 is 0 Å². The first kappa shape index (κ1) is 18.8. The molecule has 1 fully saturated rings. The number of benzene rings is 1. The van der Waals surface area contributed by atoms with Gasteiger partial charge in [0.15, 0.2) is 5.69 Å². The monoisotopic (exact) mass is 393 g/mol. The number of ether oxygens (including phenoxy) is 1. The van der Waals surface area contributed by atoms with E-state index in [1.807, 2.05) is 35.0 Å². The topological polar surface area (TPSA) is 91.9 Å². The Labute approximate surface area is 167 Å². The van der Waals surface area contributed by atoms with Gasteiger partial charge in [0.1, 0.15) is 36.0 Å². The Balaban J connectivity index is 1.49. The molecule has 148 valence electrons. The van der Waals surface area contributed by atoms with E-state index < -0.39 is 6.17 Å². The minimum atomic E-state index is -0.728. The number of hydrogen-bond donors (Lipinski definition) is 1. The first-order valence-corrected chi connectivity index (χ1v) is 9.21. The molecular formula is C20H20FN7O. The Bertz CT molecular complexity index is 1030. The third kappa shape index (κ3) is 4.33. The van der Waals surface area contributed by atoms with E-state index in [1.54, 1.807) is 13.4 Å². The minimum Gasteiger partial charge on any atom is -0.495 e. The van der Waals surface area contributed by atoms with Gasteiger partial charge in [-0.25, -0.2) is 19.3 Å². The highest BCUT2D eigenvalue weighted by Gasteiger charge is 2.22. The summed E-state index contributed by atoms with van der Waals surface area (Å²) in [5.74, 6) is 1.79. The highest BCUT2D eigenvalue weighted by Crippen LogP contribution is 2.27. The molecule has 3 heterocycles. The van der Waals surface area contributed by atoms with E-state index in [0.29, 0.717) is 36.9 Å². The second kappa shape index (κ2) is 8.24. The Hall–Kier alpha value is -3.51. The Morgan fingerprint density at radius 3 is 2.86 bits per heavy atom. The predicted octanol–water partition coefficient (Wildman–Crippen LogP) is 2.83. The van der Waals surface area contributed by atoms with E-state index in [1.165, 1.54) is 12.4 Å². The average Bonchev–Trinajstić information content (AvgIpc) is 3.37. The molecule has 1 aliphatic rings. The lowest BCUT2D eigenvalue weighted by Gasteiger charge is -2.16. The Kier molecular flexibility index (Phi) is 5.35. The number of imidazole rings is 1. The standard InChI is InChI=1S/C20H20FN7O/c1-29-18-6-14(10-27-5-4-15(21)11-27)2-3-17(18)28-12-20(25-13-28)26-19-9-23-16(7-22)8-24-19/h2-3,6,8-9,12-13,15H,4-5,10-11H2,1H3,(H,24,26)/t15-/m1/s1. The lowest BCUT2D eigenvalue weighted by molar-refractivity contribution is 0.282. The SMILES string of the molecule is COc1cc(CN2CC[C@@H](F)C2)ccc1-n1cnc(Nc2cnc(C#N)cn2)c1. The van der Waals surface area contributed by atoms with Crippen LogP contribution in [0.5, 0.6) is 5.75 Å². The Morgan fingerprint density at radius 2 is 2.17 bits per heavy atom. The van der Waals surface area contributed by atoms with Crippen molar-refractivity contribution in [2.24, 2.45) is 0 Å². The molecular weight excluding hydrogens is 373 g/mol. The average molecular weight is 393 g/mol. The van der Waals surface area contributed by atoms with Crippen molar-refractivity contribution in [2.45, 2.75) is 19.1 Å². The molecule has 0 saturated carbocycles. The zero-order valence-corrected chi connectivity index (χ0v) is 15.9. The van der Waals surface area contributed by atoms with Gasteiger partial charge in [0.2, 0.25) is 0 Å². The number of hydrogen-bond acceptors (Lipinski definition) is 7. The molecule has 1 N–H and O–H groups in total. The van der Waals surface area contributed by atoms with Crippen LogP contribution in [0.3, 0.4) is 0 Å². The van der Waals surface area contributed by atoms with E-state index in [2.05, 4.69) is 25.2 Å². The molecule has 0 radical (unpaired) electrons. The fraction of sp³-hybridized carbons (Fsp3) is 0.300. The van der Waals surface area contributed by atoms with Gasteiger partial charge in [-0.3, -0.25) is 4.90 Å². The number of nitrogens with zero attached hydrogens (tertiary/aromatic N) is 6. The van der Waals surface area contributed by atoms with Crippen LogP contribution in [0.1, 0.15) is 17.7 Å². The predicted molar refractivity (Wildman–Crippen MR) is 105 cm³/mol. The number of methoxy groups -OCH3 is 1. The van der Waals surface area contributed by atoms with Gasteiger partial charge >= 0.3 is 0 Å². The van der Waals surface area contributed by atoms with Gasteiger partial charge in [-0.1, -0.05) is 6.07 Å². The number of anilines is 2. The van der Waals surface area contributed by atoms with Gasteiger partial charge in [0, 0.05) is 19.6 Å². The number of alkyl halides is 1. The van der Waals surface area contributed by atoms with Gasteiger partial charge in [-0.05, 0) is 24.1 Å². The van der Waals surface area contributed by atoms with E-state index in [9.17, 15) is 4.39 Å². The largest absolute Gasteiger partial charge is 0.495 e. The van der Waals surface area contributed by atoms with Crippen molar-refractivity contribution < 1.29 is 9.13 Å². The van der Waals surface area contributed by atoms with Crippen molar-refractivity contribution in [3.63, 3.8) is 0 Å². The number of nitriles is 1.